The molecule has 22 atom stereocenters. The van der Waals surface area contributed by atoms with Gasteiger partial charge in [-0.3, -0.25) is 0 Å². The summed E-state index contributed by atoms with van der Waals surface area (Å²) in [5, 5.41) is 94.6. The monoisotopic (exact) mass is 856 g/mol. The van der Waals surface area contributed by atoms with Crippen LogP contribution in [0.5, 0.6) is 0 Å². The smallest absolute Gasteiger partial charge is 0.335 e. The van der Waals surface area contributed by atoms with Crippen LogP contribution in [-0.4, -0.2) is 157 Å². The molecule has 0 amide bonds. The minimum atomic E-state index is -2.00. The number of carboxylic acid groups (broad SMARTS) is 1. The highest BCUT2D eigenvalue weighted by atomic mass is 16.8. The maximum Gasteiger partial charge on any atom is 0.335 e. The van der Waals surface area contributed by atoms with Gasteiger partial charge in [0.2, 0.25) is 0 Å². The number of carbonyl (C=O) groups is 1. The minimum Gasteiger partial charge on any atom is -0.479 e. The number of allylic oxidation sites excluding steroid dienone is 1. The first kappa shape index (κ1) is 46.6. The largest absolute Gasteiger partial charge is 0.479 e. The molecule has 0 aromatic carbocycles. The average molecular weight is 857 g/mol. The Morgan fingerprint density at radius 1 is 0.783 bits per heavy atom. The third-order valence-electron chi connectivity index (χ3n) is 16.2. The minimum absolute atomic E-state index is 0.0456. The van der Waals surface area contributed by atoms with Crippen molar-refractivity contribution < 1.29 is 79.2 Å². The fourth-order valence-corrected chi connectivity index (χ4v) is 12.8. The molecule has 7 rings (SSSR count). The standard InChI is InChI=1S/C44H72O16/c1-20(2)7-6-8-21(3)25-11-12-26-24-10-9-22-17-23(13-15-43(22,4)27(24)14-16-44(25,26)5)56-42-38(60-41-34(51)32(49)31(48)29(18-45)57-41)36(35(52)37(59-42)39(53)54)58-40-33(50)30(47)28(46)19-55-40/h9,20-21,23-38,40-42,45-52H,6-8,10-19H2,1-5H3,(H,53,54)/t21-,23+,24+,25-,26+,27+,28-,29-,30+,31+,32+,33-,34-,35+,36+,37+,38-,40+,41+,42-,43+,44-/m1/s1. The van der Waals surface area contributed by atoms with Crippen LogP contribution in [0, 0.1) is 46.3 Å². The van der Waals surface area contributed by atoms with E-state index in [2.05, 4.69) is 40.7 Å². The van der Waals surface area contributed by atoms with Crippen molar-refractivity contribution in [1.29, 1.82) is 0 Å². The second kappa shape index (κ2) is 18.6. The Hall–Kier alpha value is -1.35. The lowest BCUT2D eigenvalue weighted by molar-refractivity contribution is -0.388. The molecule has 4 aliphatic carbocycles. The van der Waals surface area contributed by atoms with Crippen LogP contribution in [0.3, 0.4) is 0 Å². The lowest BCUT2D eigenvalue weighted by Gasteiger charge is -2.58. The molecule has 344 valence electrons. The molecule has 0 radical (unpaired) electrons. The van der Waals surface area contributed by atoms with Gasteiger partial charge in [-0.25, -0.2) is 4.79 Å². The molecule has 3 saturated carbocycles. The van der Waals surface area contributed by atoms with Gasteiger partial charge in [-0.2, -0.15) is 0 Å². The molecule has 3 saturated heterocycles. The van der Waals surface area contributed by atoms with Crippen molar-refractivity contribution in [2.24, 2.45) is 46.3 Å². The van der Waals surface area contributed by atoms with Crippen LogP contribution in [0.2, 0.25) is 0 Å². The zero-order valence-corrected chi connectivity index (χ0v) is 35.8. The second-order valence-electron chi connectivity index (χ2n) is 20.2. The number of aliphatic hydroxyl groups excluding tert-OH is 8. The fourth-order valence-electron chi connectivity index (χ4n) is 12.8. The molecule has 3 aliphatic heterocycles. The van der Waals surface area contributed by atoms with E-state index >= 15 is 0 Å². The highest BCUT2D eigenvalue weighted by molar-refractivity contribution is 5.73. The predicted molar refractivity (Wildman–Crippen MR) is 211 cm³/mol. The molecule has 0 aromatic heterocycles. The van der Waals surface area contributed by atoms with Crippen molar-refractivity contribution in [3.8, 4) is 0 Å². The van der Waals surface area contributed by atoms with E-state index in [9.17, 15) is 50.8 Å². The summed E-state index contributed by atoms with van der Waals surface area (Å²) in [6, 6.07) is 0. The summed E-state index contributed by atoms with van der Waals surface area (Å²) >= 11 is 0. The van der Waals surface area contributed by atoms with E-state index in [0.717, 1.165) is 30.6 Å². The zero-order valence-electron chi connectivity index (χ0n) is 35.8. The maximum atomic E-state index is 12.5. The summed E-state index contributed by atoms with van der Waals surface area (Å²) in [4.78, 5) is 12.5. The first-order valence-electron chi connectivity index (χ1n) is 22.6. The number of aliphatic carboxylic acids is 1. The summed E-state index contributed by atoms with van der Waals surface area (Å²) in [5.74, 6) is 2.45. The molecule has 6 fully saturated rings. The molecular weight excluding hydrogens is 784 g/mol. The zero-order chi connectivity index (χ0) is 43.4. The van der Waals surface area contributed by atoms with Crippen LogP contribution >= 0.6 is 0 Å². The van der Waals surface area contributed by atoms with E-state index in [-0.39, 0.29) is 5.41 Å². The van der Waals surface area contributed by atoms with Crippen molar-refractivity contribution in [1.82, 2.24) is 0 Å². The topological polar surface area (TPSA) is 255 Å². The van der Waals surface area contributed by atoms with Crippen molar-refractivity contribution in [2.75, 3.05) is 13.2 Å². The van der Waals surface area contributed by atoms with Crippen molar-refractivity contribution in [2.45, 2.75) is 197 Å². The van der Waals surface area contributed by atoms with Gasteiger partial charge in [-0.05, 0) is 97.7 Å². The number of rotatable bonds is 13. The van der Waals surface area contributed by atoms with Gasteiger partial charge in [-0.1, -0.05) is 65.5 Å². The summed E-state index contributed by atoms with van der Waals surface area (Å²) in [6.07, 6.45) is -10.4. The molecule has 16 heteroatoms. The number of hydrogen-bond acceptors (Lipinski definition) is 15. The van der Waals surface area contributed by atoms with E-state index in [1.807, 2.05) is 0 Å². The van der Waals surface area contributed by atoms with Crippen LogP contribution in [-0.2, 0) is 33.2 Å². The molecule has 3 heterocycles. The Morgan fingerprint density at radius 3 is 2.20 bits per heavy atom. The van der Waals surface area contributed by atoms with Gasteiger partial charge in [0, 0.05) is 0 Å². The summed E-state index contributed by atoms with van der Waals surface area (Å²) < 4.78 is 35.7. The van der Waals surface area contributed by atoms with Gasteiger partial charge in [0.15, 0.2) is 25.0 Å². The molecular formula is C44H72O16. The normalized spacial score (nSPS) is 50.0. The van der Waals surface area contributed by atoms with Gasteiger partial charge < -0.3 is 74.4 Å². The summed E-state index contributed by atoms with van der Waals surface area (Å²) in [5.41, 5.74) is 1.59. The van der Waals surface area contributed by atoms with Crippen LogP contribution in [0.25, 0.3) is 0 Å². The van der Waals surface area contributed by atoms with Crippen molar-refractivity contribution in [3.63, 3.8) is 0 Å². The highest BCUT2D eigenvalue weighted by Crippen LogP contribution is 2.67. The third kappa shape index (κ3) is 8.74. The molecule has 0 aromatic rings. The number of hydrogen-bond donors (Lipinski definition) is 9. The number of fused-ring (bicyclic) bond motifs is 5. The Labute approximate surface area is 353 Å². The highest BCUT2D eigenvalue weighted by Gasteiger charge is 2.60. The average Bonchev–Trinajstić information content (AvgIpc) is 3.57. The van der Waals surface area contributed by atoms with Crippen LogP contribution in [0.15, 0.2) is 11.6 Å². The van der Waals surface area contributed by atoms with E-state index in [4.69, 9.17) is 28.4 Å². The Kier molecular flexibility index (Phi) is 14.5. The SMILES string of the molecule is CC(C)CCC[C@@H](C)[C@H]1CC[C@H]2[C@@H]3CC=C4C[C@@H](O[C@@H]5O[C@H](C(=O)O)[C@@H](O)[C@H](O[C@@H]6OC[C@@H](O)[C@H](O)[C@H]6O)[C@H]5O[C@@H]5O[C@H](CO)[C@H](O)[C@H](O)[C@H]5O)CC[C@]4(C)[C@H]3CC[C@]12C. The van der Waals surface area contributed by atoms with E-state index in [0.29, 0.717) is 36.0 Å². The predicted octanol–water partition coefficient (Wildman–Crippen LogP) is 1.59. The molecule has 0 unspecified atom stereocenters. The van der Waals surface area contributed by atoms with Gasteiger partial charge in [0.25, 0.3) is 0 Å². The first-order valence-corrected chi connectivity index (χ1v) is 22.6. The first-order chi connectivity index (χ1) is 28.4. The summed E-state index contributed by atoms with van der Waals surface area (Å²) in [7, 11) is 0. The molecule has 7 aliphatic rings. The van der Waals surface area contributed by atoms with Crippen molar-refractivity contribution >= 4 is 5.97 Å². The Bertz CT molecular complexity index is 1500. The van der Waals surface area contributed by atoms with Gasteiger partial charge >= 0.3 is 5.97 Å². The van der Waals surface area contributed by atoms with Crippen LogP contribution < -0.4 is 0 Å². The lowest BCUT2D eigenvalue weighted by Crippen LogP contribution is -2.67. The van der Waals surface area contributed by atoms with Crippen LogP contribution in [0.1, 0.15) is 105 Å². The molecule has 0 spiro atoms. The Morgan fingerprint density at radius 2 is 1.50 bits per heavy atom. The van der Waals surface area contributed by atoms with Crippen molar-refractivity contribution in [3.05, 3.63) is 11.6 Å². The summed E-state index contributed by atoms with van der Waals surface area (Å²) in [6.45, 7) is 10.8. The lowest BCUT2D eigenvalue weighted by atomic mass is 9.47. The third-order valence-corrected chi connectivity index (χ3v) is 16.2. The molecule has 0 bridgehead atoms. The molecule has 9 N–H and O–H groups in total. The van der Waals surface area contributed by atoms with Gasteiger partial charge in [0.05, 0.1) is 19.3 Å². The number of ether oxygens (including phenoxy) is 6. The van der Waals surface area contributed by atoms with E-state index < -0.39 is 111 Å². The second-order valence-corrected chi connectivity index (χ2v) is 20.2. The van der Waals surface area contributed by atoms with E-state index in [1.165, 1.54) is 50.5 Å². The van der Waals surface area contributed by atoms with Gasteiger partial charge in [-0.15, -0.1) is 0 Å². The van der Waals surface area contributed by atoms with E-state index in [1.54, 1.807) is 0 Å². The fraction of sp³-hybridized carbons (Fsp3) is 0.932. The quantitative estimate of drug-likeness (QED) is 0.119. The Balaban J connectivity index is 1.11. The number of carboxylic acids is 1. The van der Waals surface area contributed by atoms with Crippen LogP contribution in [0.4, 0.5) is 0 Å². The van der Waals surface area contributed by atoms with Gasteiger partial charge in [0.1, 0.15) is 61.0 Å². The maximum absolute atomic E-state index is 12.5. The molecule has 60 heavy (non-hydrogen) atoms. The number of aliphatic hydroxyl groups is 8. The molecule has 16 nitrogen and oxygen atoms in total.